The molecule has 1 saturated heterocycles. The summed E-state index contributed by atoms with van der Waals surface area (Å²) in [7, 11) is 0. The molecule has 5 nitrogen and oxygen atoms in total. The monoisotopic (exact) mass is 362 g/mol. The summed E-state index contributed by atoms with van der Waals surface area (Å²) in [4.78, 5) is 12.5. The van der Waals surface area contributed by atoms with Crippen LogP contribution in [0, 0.1) is 0 Å². The number of nitrogens with one attached hydrogen (secondary N) is 2. The third-order valence-electron chi connectivity index (χ3n) is 3.54. The summed E-state index contributed by atoms with van der Waals surface area (Å²) in [6.07, 6.45) is 2.35. The van der Waals surface area contributed by atoms with E-state index in [1.165, 1.54) is 11.3 Å². The first-order valence-corrected chi connectivity index (χ1v) is 9.00. The zero-order valence-corrected chi connectivity index (χ0v) is 14.6. The first-order valence-electron chi connectivity index (χ1n) is 7.71. The van der Waals surface area contributed by atoms with Crippen LogP contribution < -0.4 is 15.4 Å². The van der Waals surface area contributed by atoms with E-state index >= 15 is 0 Å². The lowest BCUT2D eigenvalue weighted by Crippen LogP contribution is -2.33. The van der Waals surface area contributed by atoms with Crippen LogP contribution in [0.4, 0.5) is 5.69 Å². The van der Waals surface area contributed by atoms with Crippen LogP contribution in [0.1, 0.15) is 22.5 Å². The Hall–Kier alpha value is -1.96. The molecule has 0 bridgehead atoms. The molecule has 0 saturated carbocycles. The second kappa shape index (κ2) is 8.23. The van der Waals surface area contributed by atoms with Crippen LogP contribution in [-0.2, 0) is 4.74 Å². The molecule has 2 aromatic rings. The number of ether oxygens (including phenoxy) is 2. The number of thiocarbonyl (C=S) groups is 1. The minimum absolute atomic E-state index is 0.197. The van der Waals surface area contributed by atoms with Gasteiger partial charge in [0.25, 0.3) is 5.91 Å². The maximum Gasteiger partial charge on any atom is 0.267 e. The summed E-state index contributed by atoms with van der Waals surface area (Å²) < 4.78 is 11.2. The van der Waals surface area contributed by atoms with Crippen molar-refractivity contribution in [3.8, 4) is 5.75 Å². The van der Waals surface area contributed by atoms with Gasteiger partial charge in [-0.25, -0.2) is 0 Å². The molecule has 126 valence electrons. The SMILES string of the molecule is O=C(NC(=S)Nc1ccc(OC[C@H]2CCCO2)cc1)c1cccs1. The molecule has 2 heterocycles. The molecule has 3 rings (SSSR count). The highest BCUT2D eigenvalue weighted by atomic mass is 32.1. The summed E-state index contributed by atoms with van der Waals surface area (Å²) in [5, 5.41) is 7.75. The van der Waals surface area contributed by atoms with Gasteiger partial charge in [-0.3, -0.25) is 10.1 Å². The number of thiophene rings is 1. The van der Waals surface area contributed by atoms with Gasteiger partial charge in [0.2, 0.25) is 0 Å². The predicted octanol–water partition coefficient (Wildman–Crippen LogP) is 3.43. The lowest BCUT2D eigenvalue weighted by molar-refractivity contribution is 0.0679. The number of anilines is 1. The van der Waals surface area contributed by atoms with Gasteiger partial charge in [-0.05, 0) is 60.8 Å². The number of carbonyl (C=O) groups excluding carboxylic acids is 1. The van der Waals surface area contributed by atoms with Crippen LogP contribution in [0.15, 0.2) is 41.8 Å². The van der Waals surface area contributed by atoms with Gasteiger partial charge in [-0.2, -0.15) is 0 Å². The third-order valence-corrected chi connectivity index (χ3v) is 4.62. The Bertz CT molecular complexity index is 680. The molecule has 24 heavy (non-hydrogen) atoms. The van der Waals surface area contributed by atoms with Gasteiger partial charge < -0.3 is 14.8 Å². The van der Waals surface area contributed by atoms with Gasteiger partial charge >= 0.3 is 0 Å². The average Bonchev–Trinajstić information content (AvgIpc) is 3.28. The minimum Gasteiger partial charge on any atom is -0.491 e. The molecule has 1 aromatic heterocycles. The zero-order valence-electron chi connectivity index (χ0n) is 13.0. The van der Waals surface area contributed by atoms with E-state index in [0.717, 1.165) is 30.9 Å². The van der Waals surface area contributed by atoms with Crippen LogP contribution in [0.5, 0.6) is 5.75 Å². The number of benzene rings is 1. The summed E-state index contributed by atoms with van der Waals surface area (Å²) in [6.45, 7) is 1.40. The van der Waals surface area contributed by atoms with Crippen molar-refractivity contribution in [1.29, 1.82) is 0 Å². The van der Waals surface area contributed by atoms with E-state index in [1.807, 2.05) is 35.7 Å². The quantitative estimate of drug-likeness (QED) is 0.798. The first-order chi connectivity index (χ1) is 11.7. The summed E-state index contributed by atoms with van der Waals surface area (Å²) in [6, 6.07) is 11.0. The van der Waals surface area contributed by atoms with Gasteiger partial charge in [-0.15, -0.1) is 11.3 Å². The molecule has 2 N–H and O–H groups in total. The summed E-state index contributed by atoms with van der Waals surface area (Å²) >= 11 is 6.53. The Morgan fingerprint density at radius 1 is 1.33 bits per heavy atom. The van der Waals surface area contributed by atoms with Crippen LogP contribution in [0.25, 0.3) is 0 Å². The molecule has 1 aliphatic rings. The van der Waals surface area contributed by atoms with E-state index < -0.39 is 0 Å². The molecular weight excluding hydrogens is 344 g/mol. The molecule has 0 radical (unpaired) electrons. The summed E-state index contributed by atoms with van der Waals surface area (Å²) in [5.41, 5.74) is 0.788. The molecule has 1 amide bonds. The number of hydrogen-bond acceptors (Lipinski definition) is 5. The van der Waals surface area contributed by atoms with Crippen molar-refractivity contribution < 1.29 is 14.3 Å². The second-order valence-corrected chi connectivity index (χ2v) is 6.71. The normalized spacial score (nSPS) is 16.6. The van der Waals surface area contributed by atoms with Crippen molar-refractivity contribution in [3.05, 3.63) is 46.7 Å². The van der Waals surface area contributed by atoms with Crippen LogP contribution in [-0.4, -0.2) is 30.3 Å². The second-order valence-electron chi connectivity index (χ2n) is 5.36. The predicted molar refractivity (Wildman–Crippen MR) is 98.9 cm³/mol. The highest BCUT2D eigenvalue weighted by Gasteiger charge is 2.16. The minimum atomic E-state index is -0.209. The van der Waals surface area contributed by atoms with Gasteiger partial charge in [-0.1, -0.05) is 6.07 Å². The largest absolute Gasteiger partial charge is 0.491 e. The number of hydrogen-bond donors (Lipinski definition) is 2. The molecule has 1 aliphatic heterocycles. The molecule has 0 aliphatic carbocycles. The van der Waals surface area contributed by atoms with Crippen molar-refractivity contribution in [3.63, 3.8) is 0 Å². The highest BCUT2D eigenvalue weighted by molar-refractivity contribution is 7.80. The van der Waals surface area contributed by atoms with Crippen LogP contribution in [0.2, 0.25) is 0 Å². The van der Waals surface area contributed by atoms with E-state index in [-0.39, 0.29) is 17.1 Å². The van der Waals surface area contributed by atoms with E-state index in [0.29, 0.717) is 11.5 Å². The fraction of sp³-hybridized carbons (Fsp3) is 0.294. The lowest BCUT2D eigenvalue weighted by Gasteiger charge is -2.12. The Labute approximate surface area is 150 Å². The molecule has 0 spiro atoms. The topological polar surface area (TPSA) is 59.6 Å². The first kappa shape index (κ1) is 16.9. The maximum atomic E-state index is 11.9. The van der Waals surface area contributed by atoms with Crippen molar-refractivity contribution in [1.82, 2.24) is 5.32 Å². The molecule has 7 heteroatoms. The van der Waals surface area contributed by atoms with Crippen molar-refractivity contribution >= 4 is 40.3 Å². The Balaban J connectivity index is 1.46. The maximum absolute atomic E-state index is 11.9. The standard InChI is InChI=1S/C17H18N2O3S2/c20-16(15-4-2-10-24-15)19-17(23)18-12-5-7-13(8-6-12)22-11-14-3-1-9-21-14/h2,4-8,10,14H,1,3,9,11H2,(H2,18,19,20,23)/t14-/m1/s1. The fourth-order valence-corrected chi connectivity index (χ4v) is 3.16. The van der Waals surface area contributed by atoms with Gasteiger partial charge in [0.15, 0.2) is 5.11 Å². The average molecular weight is 362 g/mol. The van der Waals surface area contributed by atoms with Gasteiger partial charge in [0.05, 0.1) is 11.0 Å². The Morgan fingerprint density at radius 2 is 2.17 bits per heavy atom. The van der Waals surface area contributed by atoms with Crippen LogP contribution >= 0.6 is 23.6 Å². The van der Waals surface area contributed by atoms with Crippen LogP contribution in [0.3, 0.4) is 0 Å². The number of rotatable bonds is 5. The van der Waals surface area contributed by atoms with Crippen molar-refractivity contribution in [2.75, 3.05) is 18.5 Å². The van der Waals surface area contributed by atoms with Crippen molar-refractivity contribution in [2.24, 2.45) is 0 Å². The molecule has 0 unspecified atom stereocenters. The van der Waals surface area contributed by atoms with E-state index in [9.17, 15) is 4.79 Å². The molecule has 1 atom stereocenters. The zero-order chi connectivity index (χ0) is 16.8. The number of carbonyl (C=O) groups is 1. The number of amides is 1. The summed E-state index contributed by atoms with van der Waals surface area (Å²) in [5.74, 6) is 0.573. The lowest BCUT2D eigenvalue weighted by atomic mass is 10.2. The van der Waals surface area contributed by atoms with E-state index in [4.69, 9.17) is 21.7 Å². The van der Waals surface area contributed by atoms with Gasteiger partial charge in [0, 0.05) is 12.3 Å². The van der Waals surface area contributed by atoms with Crippen molar-refractivity contribution in [2.45, 2.75) is 18.9 Å². The fourth-order valence-electron chi connectivity index (χ4n) is 2.33. The van der Waals surface area contributed by atoms with E-state index in [1.54, 1.807) is 6.07 Å². The molecule has 1 fully saturated rings. The third kappa shape index (κ3) is 4.77. The van der Waals surface area contributed by atoms with Gasteiger partial charge in [0.1, 0.15) is 12.4 Å². The highest BCUT2D eigenvalue weighted by Crippen LogP contribution is 2.18. The Kier molecular flexibility index (Phi) is 5.79. The smallest absolute Gasteiger partial charge is 0.267 e. The molecular formula is C17H18N2O3S2. The Morgan fingerprint density at radius 3 is 2.83 bits per heavy atom. The van der Waals surface area contributed by atoms with E-state index in [2.05, 4.69) is 10.6 Å². The molecule has 1 aromatic carbocycles.